The Labute approximate surface area is 99.1 Å². The topological polar surface area (TPSA) is 0 Å². The fourth-order valence-corrected chi connectivity index (χ4v) is 1.98. The summed E-state index contributed by atoms with van der Waals surface area (Å²) in [6.07, 6.45) is 0.969. The van der Waals surface area contributed by atoms with E-state index in [0.717, 1.165) is 6.42 Å². The van der Waals surface area contributed by atoms with Gasteiger partial charge in [-0.2, -0.15) is 0 Å². The van der Waals surface area contributed by atoms with Crippen molar-refractivity contribution in [3.8, 4) is 0 Å². The number of benzene rings is 2. The van der Waals surface area contributed by atoms with Gasteiger partial charge in [-0.3, -0.25) is 0 Å². The molecule has 1 radical (unpaired) electrons. The van der Waals surface area contributed by atoms with Gasteiger partial charge < -0.3 is 0 Å². The quantitative estimate of drug-likeness (QED) is 0.761. The van der Waals surface area contributed by atoms with E-state index in [0.29, 0.717) is 0 Å². The molecule has 0 atom stereocenters. The predicted molar refractivity (Wildman–Crippen MR) is 67.0 cm³/mol. The molecule has 0 aliphatic heterocycles. The molecule has 0 saturated carbocycles. The van der Waals surface area contributed by atoms with Crippen LogP contribution in [0, 0.1) is 13.0 Å². The molecular weight excluding hydrogens is 248 g/mol. The average Bonchev–Trinajstić information content (AvgIpc) is 2.26. The van der Waals surface area contributed by atoms with Gasteiger partial charge >= 0.3 is 0 Å². The first-order valence-electron chi connectivity index (χ1n) is 4.97. The summed E-state index contributed by atoms with van der Waals surface area (Å²) in [5, 5.41) is 0. The minimum atomic E-state index is 0.969. The normalized spacial score (nSPS) is 10.3. The number of aryl methyl sites for hydroxylation is 1. The van der Waals surface area contributed by atoms with Gasteiger partial charge in [0.2, 0.25) is 0 Å². The van der Waals surface area contributed by atoms with Crippen molar-refractivity contribution in [1.82, 2.24) is 0 Å². The molecule has 0 unspecified atom stereocenters. The van der Waals surface area contributed by atoms with E-state index < -0.39 is 0 Å². The maximum Gasteiger partial charge on any atom is 0.0246 e. The van der Waals surface area contributed by atoms with Gasteiger partial charge in [0.25, 0.3) is 0 Å². The van der Waals surface area contributed by atoms with Crippen molar-refractivity contribution in [2.24, 2.45) is 0 Å². The summed E-state index contributed by atoms with van der Waals surface area (Å²) in [5.74, 6) is 0. The maximum absolute atomic E-state index is 3.61. The van der Waals surface area contributed by atoms with E-state index in [9.17, 15) is 0 Å². The molecule has 0 nitrogen and oxygen atoms in total. The second kappa shape index (κ2) is 4.63. The largest absolute Gasteiger partial charge is 0.0622 e. The summed E-state index contributed by atoms with van der Waals surface area (Å²) < 4.78 is 1.17. The second-order valence-electron chi connectivity index (χ2n) is 3.60. The molecule has 75 valence electrons. The molecule has 1 heteroatoms. The summed E-state index contributed by atoms with van der Waals surface area (Å²) in [4.78, 5) is 0. The molecule has 0 aliphatic rings. The highest BCUT2D eigenvalue weighted by Gasteiger charge is 2.02. The van der Waals surface area contributed by atoms with Crippen LogP contribution < -0.4 is 0 Å². The molecule has 0 aromatic heterocycles. The van der Waals surface area contributed by atoms with Crippen LogP contribution >= 0.6 is 15.9 Å². The van der Waals surface area contributed by atoms with Crippen molar-refractivity contribution in [1.29, 1.82) is 0 Å². The Bertz CT molecular complexity index is 446. The first-order chi connectivity index (χ1) is 7.27. The van der Waals surface area contributed by atoms with Gasteiger partial charge in [-0.15, -0.1) is 0 Å². The monoisotopic (exact) mass is 259 g/mol. The molecule has 0 bridgehead atoms. The predicted octanol–water partition coefficient (Wildman–Crippen LogP) is 4.15. The molecule has 15 heavy (non-hydrogen) atoms. The Morgan fingerprint density at radius 2 is 1.87 bits per heavy atom. The van der Waals surface area contributed by atoms with Crippen molar-refractivity contribution in [2.75, 3.05) is 0 Å². The zero-order valence-electron chi connectivity index (χ0n) is 8.63. The average molecular weight is 260 g/mol. The Morgan fingerprint density at radius 3 is 2.60 bits per heavy atom. The van der Waals surface area contributed by atoms with Crippen LogP contribution in [0.5, 0.6) is 0 Å². The summed E-state index contributed by atoms with van der Waals surface area (Å²) in [7, 11) is 0. The first kappa shape index (κ1) is 10.4. The van der Waals surface area contributed by atoms with Crippen molar-refractivity contribution in [3.63, 3.8) is 0 Å². The van der Waals surface area contributed by atoms with Crippen molar-refractivity contribution in [2.45, 2.75) is 13.3 Å². The van der Waals surface area contributed by atoms with Crippen LogP contribution in [0.1, 0.15) is 16.7 Å². The lowest BCUT2D eigenvalue weighted by molar-refractivity contribution is 1.16. The van der Waals surface area contributed by atoms with Crippen LogP contribution in [0.15, 0.2) is 46.9 Å². The fraction of sp³-hybridized carbons (Fsp3) is 0.143. The molecule has 2 aromatic carbocycles. The van der Waals surface area contributed by atoms with Crippen molar-refractivity contribution in [3.05, 3.63) is 69.7 Å². The third-order valence-corrected chi connectivity index (χ3v) is 3.54. The van der Waals surface area contributed by atoms with Crippen molar-refractivity contribution < 1.29 is 0 Å². The zero-order valence-corrected chi connectivity index (χ0v) is 10.2. The fourth-order valence-electron chi connectivity index (χ4n) is 1.60. The standard InChI is InChI=1S/C14H12Br/c1-11-6-5-9-13(14(11)15)10-12-7-3-2-4-8-12/h2-5,7-9H,10H2,1H3. The highest BCUT2D eigenvalue weighted by atomic mass is 79.9. The molecule has 0 heterocycles. The number of hydrogen-bond acceptors (Lipinski definition) is 0. The van der Waals surface area contributed by atoms with Gasteiger partial charge in [-0.1, -0.05) is 58.4 Å². The van der Waals surface area contributed by atoms with E-state index in [-0.39, 0.29) is 0 Å². The van der Waals surface area contributed by atoms with Gasteiger partial charge in [0.15, 0.2) is 0 Å². The molecular formula is C14H12Br. The minimum absolute atomic E-state index is 0.969. The first-order valence-corrected chi connectivity index (χ1v) is 5.76. The van der Waals surface area contributed by atoms with Crippen LogP contribution in [0.2, 0.25) is 0 Å². The van der Waals surface area contributed by atoms with Gasteiger partial charge in [-0.25, -0.2) is 0 Å². The molecule has 0 fully saturated rings. The second-order valence-corrected chi connectivity index (χ2v) is 4.40. The lowest BCUT2D eigenvalue weighted by atomic mass is 10.0. The number of halogens is 1. The van der Waals surface area contributed by atoms with Crippen LogP contribution in [0.3, 0.4) is 0 Å². The Morgan fingerprint density at radius 1 is 1.13 bits per heavy atom. The molecule has 0 aliphatic carbocycles. The van der Waals surface area contributed by atoms with E-state index in [4.69, 9.17) is 0 Å². The number of hydrogen-bond donors (Lipinski definition) is 0. The van der Waals surface area contributed by atoms with Gasteiger partial charge in [0.1, 0.15) is 0 Å². The van der Waals surface area contributed by atoms with Crippen LogP contribution in [-0.4, -0.2) is 0 Å². The third-order valence-electron chi connectivity index (χ3n) is 2.43. The third kappa shape index (κ3) is 2.48. The molecule has 2 aromatic rings. The lowest BCUT2D eigenvalue weighted by Crippen LogP contribution is -1.90. The summed E-state index contributed by atoms with van der Waals surface area (Å²) in [5.41, 5.74) is 3.82. The van der Waals surface area contributed by atoms with Crippen LogP contribution in [0.25, 0.3) is 0 Å². The van der Waals surface area contributed by atoms with E-state index >= 15 is 0 Å². The highest BCUT2D eigenvalue weighted by Crippen LogP contribution is 2.23. The lowest BCUT2D eigenvalue weighted by Gasteiger charge is -2.06. The highest BCUT2D eigenvalue weighted by molar-refractivity contribution is 9.10. The summed E-state index contributed by atoms with van der Waals surface area (Å²) in [6.45, 7) is 2.07. The molecule has 0 amide bonds. The van der Waals surface area contributed by atoms with Crippen LogP contribution in [-0.2, 0) is 6.42 Å². The Balaban J connectivity index is 2.29. The van der Waals surface area contributed by atoms with Crippen LogP contribution in [0.4, 0.5) is 0 Å². The number of rotatable bonds is 2. The van der Waals surface area contributed by atoms with Gasteiger partial charge in [0, 0.05) is 4.47 Å². The molecule has 0 N–H and O–H groups in total. The Hall–Kier alpha value is -1.08. The minimum Gasteiger partial charge on any atom is -0.0622 e. The van der Waals surface area contributed by atoms with Crippen molar-refractivity contribution >= 4 is 15.9 Å². The van der Waals surface area contributed by atoms with Gasteiger partial charge in [-0.05, 0) is 36.1 Å². The van der Waals surface area contributed by atoms with E-state index in [1.165, 1.54) is 21.2 Å². The van der Waals surface area contributed by atoms with E-state index in [1.54, 1.807) is 0 Å². The smallest absolute Gasteiger partial charge is 0.0246 e. The SMILES string of the molecule is Cc1[c]ccc(Cc2ccccc2)c1Br. The molecule has 0 spiro atoms. The summed E-state index contributed by atoms with van der Waals surface area (Å²) in [6, 6.07) is 17.8. The summed E-state index contributed by atoms with van der Waals surface area (Å²) >= 11 is 3.61. The maximum atomic E-state index is 3.61. The zero-order chi connectivity index (χ0) is 10.7. The van der Waals surface area contributed by atoms with E-state index in [1.807, 2.05) is 12.1 Å². The molecule has 0 saturated heterocycles. The van der Waals surface area contributed by atoms with Gasteiger partial charge in [0.05, 0.1) is 0 Å². The molecule has 2 rings (SSSR count). The van der Waals surface area contributed by atoms with E-state index in [2.05, 4.69) is 59.3 Å². The Kier molecular flexibility index (Phi) is 3.22.